The molecule has 1 saturated heterocycles. The highest BCUT2D eigenvalue weighted by molar-refractivity contribution is 5.83. The number of imidazole rings is 1. The van der Waals surface area contributed by atoms with Gasteiger partial charge in [-0.3, -0.25) is 9.69 Å². The van der Waals surface area contributed by atoms with Crippen molar-refractivity contribution in [3.05, 3.63) is 59.2 Å². The molecule has 4 aromatic rings. The molecule has 9 nitrogen and oxygen atoms in total. The Morgan fingerprint density at radius 2 is 1.90 bits per heavy atom. The van der Waals surface area contributed by atoms with Crippen molar-refractivity contribution < 1.29 is 13.6 Å². The molecule has 3 aromatic heterocycles. The second-order valence-corrected chi connectivity index (χ2v) is 11.1. The van der Waals surface area contributed by atoms with Gasteiger partial charge in [0.15, 0.2) is 11.6 Å². The Morgan fingerprint density at radius 3 is 2.67 bits per heavy atom. The number of halogens is 2. The quantitative estimate of drug-likeness (QED) is 0.395. The number of aromatic nitrogens is 5. The monoisotopic (exact) mass is 544 g/mol. The van der Waals surface area contributed by atoms with Crippen molar-refractivity contribution in [2.75, 3.05) is 25.5 Å². The number of amides is 1. The second kappa shape index (κ2) is 9.58. The minimum absolute atomic E-state index is 0.00324. The number of hydrogen-bond acceptors (Lipinski definition) is 7. The lowest BCUT2D eigenvalue weighted by Crippen LogP contribution is -2.46. The van der Waals surface area contributed by atoms with Gasteiger partial charge in [0.2, 0.25) is 11.9 Å². The first kappa shape index (κ1) is 25.0. The fourth-order valence-corrected chi connectivity index (χ4v) is 6.05. The lowest BCUT2D eigenvalue weighted by molar-refractivity contribution is -0.136. The summed E-state index contributed by atoms with van der Waals surface area (Å²) in [7, 11) is 2.01. The van der Waals surface area contributed by atoms with E-state index in [0.717, 1.165) is 55.5 Å². The number of fused-ring (bicyclic) bond motifs is 2. The number of rotatable bonds is 5. The molecule has 40 heavy (non-hydrogen) atoms. The minimum atomic E-state index is -0.644. The number of anilines is 2. The summed E-state index contributed by atoms with van der Waals surface area (Å²) in [6, 6.07) is 7.05. The number of aryl methyl sites for hydroxylation is 1. The summed E-state index contributed by atoms with van der Waals surface area (Å²) in [5.74, 6) is 0.463. The van der Waals surface area contributed by atoms with Crippen LogP contribution in [0.4, 0.5) is 20.5 Å². The maximum atomic E-state index is 15.0. The molecule has 1 atom stereocenters. The Kier molecular flexibility index (Phi) is 5.99. The normalized spacial score (nSPS) is 19.3. The van der Waals surface area contributed by atoms with Crippen molar-refractivity contribution in [1.82, 2.24) is 34.3 Å². The van der Waals surface area contributed by atoms with Crippen LogP contribution in [-0.4, -0.2) is 66.4 Å². The van der Waals surface area contributed by atoms with Crippen LogP contribution >= 0.6 is 0 Å². The number of pyridine rings is 1. The van der Waals surface area contributed by atoms with Crippen molar-refractivity contribution in [2.24, 2.45) is 0 Å². The molecule has 1 N–H and O–H groups in total. The molecule has 1 aliphatic carbocycles. The Labute approximate surface area is 230 Å². The number of likely N-dealkylation sites (tertiary alicyclic amines) is 1. The summed E-state index contributed by atoms with van der Waals surface area (Å²) >= 11 is 0. The van der Waals surface area contributed by atoms with E-state index in [9.17, 15) is 9.18 Å². The minimum Gasteiger partial charge on any atom is -0.337 e. The van der Waals surface area contributed by atoms with Crippen LogP contribution in [0.25, 0.3) is 22.3 Å². The van der Waals surface area contributed by atoms with Gasteiger partial charge in [-0.05, 0) is 70.0 Å². The van der Waals surface area contributed by atoms with Crippen LogP contribution in [0.1, 0.15) is 48.8 Å². The van der Waals surface area contributed by atoms with Crippen LogP contribution in [0.2, 0.25) is 0 Å². The number of hydrogen-bond donors (Lipinski definition) is 1. The third-order valence-corrected chi connectivity index (χ3v) is 8.26. The van der Waals surface area contributed by atoms with E-state index in [1.54, 1.807) is 6.07 Å². The van der Waals surface area contributed by atoms with Gasteiger partial charge in [0, 0.05) is 36.8 Å². The van der Waals surface area contributed by atoms with Crippen molar-refractivity contribution in [3.8, 4) is 11.3 Å². The SMILES string of the molecule is Cc1nc2c(F)cc(-c3nc(Nc4ccc5c(n4)CCN(C(=O)[C@@H]4CCCN4C)C5)ncc3F)cc2n1C1CC1. The van der Waals surface area contributed by atoms with Crippen LogP contribution in [0.15, 0.2) is 30.5 Å². The number of likely N-dealkylation sites (N-methyl/N-ethyl adjacent to an activating group) is 1. The summed E-state index contributed by atoms with van der Waals surface area (Å²) in [4.78, 5) is 34.7. The van der Waals surface area contributed by atoms with E-state index in [1.165, 1.54) is 6.07 Å². The van der Waals surface area contributed by atoms with Crippen molar-refractivity contribution in [1.29, 1.82) is 0 Å². The Morgan fingerprint density at radius 1 is 1.05 bits per heavy atom. The van der Waals surface area contributed by atoms with Gasteiger partial charge in [-0.1, -0.05) is 6.07 Å². The van der Waals surface area contributed by atoms with E-state index in [2.05, 4.69) is 25.2 Å². The average Bonchev–Trinajstić information content (AvgIpc) is 3.59. The molecule has 5 heterocycles. The molecule has 0 radical (unpaired) electrons. The zero-order valence-corrected chi connectivity index (χ0v) is 22.5. The lowest BCUT2D eigenvalue weighted by Gasteiger charge is -2.32. The predicted molar refractivity (Wildman–Crippen MR) is 146 cm³/mol. The first-order valence-corrected chi connectivity index (χ1v) is 13.8. The molecular weight excluding hydrogens is 514 g/mol. The van der Waals surface area contributed by atoms with Crippen molar-refractivity contribution in [2.45, 2.75) is 57.7 Å². The summed E-state index contributed by atoms with van der Waals surface area (Å²) in [5.41, 5.74) is 3.18. The first-order valence-electron chi connectivity index (χ1n) is 13.8. The van der Waals surface area contributed by atoms with Gasteiger partial charge >= 0.3 is 0 Å². The van der Waals surface area contributed by atoms with Crippen LogP contribution in [0.3, 0.4) is 0 Å². The molecular formula is C29H30F2N8O. The summed E-state index contributed by atoms with van der Waals surface area (Å²) < 4.78 is 32.0. The molecule has 0 spiro atoms. The molecule has 7 rings (SSSR count). The van der Waals surface area contributed by atoms with E-state index in [4.69, 9.17) is 4.98 Å². The maximum Gasteiger partial charge on any atom is 0.240 e. The Hall–Kier alpha value is -3.99. The van der Waals surface area contributed by atoms with Crippen LogP contribution in [-0.2, 0) is 17.8 Å². The molecule has 0 unspecified atom stereocenters. The van der Waals surface area contributed by atoms with Gasteiger partial charge in [-0.25, -0.2) is 28.7 Å². The maximum absolute atomic E-state index is 15.0. The second-order valence-electron chi connectivity index (χ2n) is 11.1. The third-order valence-electron chi connectivity index (χ3n) is 8.26. The molecule has 11 heteroatoms. The van der Waals surface area contributed by atoms with Gasteiger partial charge in [0.1, 0.15) is 22.9 Å². The topological polar surface area (TPSA) is 92.1 Å². The van der Waals surface area contributed by atoms with E-state index in [0.29, 0.717) is 42.5 Å². The van der Waals surface area contributed by atoms with Crippen LogP contribution in [0.5, 0.6) is 0 Å². The average molecular weight is 545 g/mol. The van der Waals surface area contributed by atoms with Crippen LogP contribution in [0, 0.1) is 18.6 Å². The smallest absolute Gasteiger partial charge is 0.240 e. The zero-order chi connectivity index (χ0) is 27.5. The van der Waals surface area contributed by atoms with E-state index in [1.807, 2.05) is 35.6 Å². The van der Waals surface area contributed by atoms with Gasteiger partial charge in [0.05, 0.1) is 17.8 Å². The number of nitrogens with zero attached hydrogens (tertiary/aromatic N) is 7. The number of carbonyl (C=O) groups is 1. The highest BCUT2D eigenvalue weighted by Crippen LogP contribution is 2.40. The standard InChI is InChI=1S/C29H30F2N8O/c1-16-33-27-20(30)12-18(13-24(27)39(16)19-6-7-19)26-21(31)14-32-29(36-26)35-25-8-5-17-15-38(11-9-22(17)34-25)28(40)23-4-3-10-37(23)2/h5,8,12-14,19,23H,3-4,6-7,9-11,15H2,1-2H3,(H,32,34,35,36)/t23-/m0/s1. The van der Waals surface area contributed by atoms with E-state index >= 15 is 4.39 Å². The number of benzene rings is 1. The number of nitrogens with one attached hydrogen (secondary N) is 1. The van der Waals surface area contributed by atoms with Gasteiger partial charge in [0.25, 0.3) is 0 Å². The molecule has 1 amide bonds. The molecule has 0 bridgehead atoms. The lowest BCUT2D eigenvalue weighted by atomic mass is 10.0. The van der Waals surface area contributed by atoms with Crippen LogP contribution < -0.4 is 5.32 Å². The molecule has 3 aliphatic rings. The first-order chi connectivity index (χ1) is 19.4. The van der Waals surface area contributed by atoms with Crippen molar-refractivity contribution in [3.63, 3.8) is 0 Å². The third kappa shape index (κ3) is 4.38. The van der Waals surface area contributed by atoms with E-state index in [-0.39, 0.29) is 29.1 Å². The molecule has 2 aliphatic heterocycles. The summed E-state index contributed by atoms with van der Waals surface area (Å²) in [6.07, 6.45) is 5.73. The molecule has 2 fully saturated rings. The molecule has 1 saturated carbocycles. The summed E-state index contributed by atoms with van der Waals surface area (Å²) in [6.45, 7) is 3.97. The van der Waals surface area contributed by atoms with E-state index < -0.39 is 11.6 Å². The Balaban J connectivity index is 1.13. The van der Waals surface area contributed by atoms with Crippen molar-refractivity contribution >= 4 is 28.7 Å². The van der Waals surface area contributed by atoms with Gasteiger partial charge in [-0.2, -0.15) is 0 Å². The highest BCUT2D eigenvalue weighted by Gasteiger charge is 2.33. The highest BCUT2D eigenvalue weighted by atomic mass is 19.1. The fraction of sp³-hybridized carbons (Fsp3) is 0.414. The Bertz CT molecular complexity index is 1650. The molecule has 206 valence electrons. The number of carbonyl (C=O) groups excluding carboxylic acids is 1. The van der Waals surface area contributed by atoms with Gasteiger partial charge < -0.3 is 14.8 Å². The molecule has 1 aromatic carbocycles. The largest absolute Gasteiger partial charge is 0.337 e. The summed E-state index contributed by atoms with van der Waals surface area (Å²) in [5, 5.41) is 3.07. The zero-order valence-electron chi connectivity index (χ0n) is 22.5. The fourth-order valence-electron chi connectivity index (χ4n) is 6.05. The predicted octanol–water partition coefficient (Wildman–Crippen LogP) is 4.53. The van der Waals surface area contributed by atoms with Gasteiger partial charge in [-0.15, -0.1) is 0 Å².